The summed E-state index contributed by atoms with van der Waals surface area (Å²) in [5, 5.41) is 34.2. The normalized spacial score (nSPS) is 45.1. The molecular formula is C42H67NO6. The molecule has 276 valence electrons. The fraction of sp³-hybridized carbons (Fsp3) is 0.857. The van der Waals surface area contributed by atoms with Crippen LogP contribution in [0.5, 0.6) is 0 Å². The summed E-state index contributed by atoms with van der Waals surface area (Å²) < 4.78 is 19.1. The van der Waals surface area contributed by atoms with E-state index in [4.69, 9.17) is 14.2 Å². The van der Waals surface area contributed by atoms with Crippen molar-refractivity contribution in [1.29, 1.82) is 0 Å². The Morgan fingerprint density at radius 2 is 1.76 bits per heavy atom. The van der Waals surface area contributed by atoms with Crippen molar-refractivity contribution < 1.29 is 29.5 Å². The molecule has 1 aromatic carbocycles. The van der Waals surface area contributed by atoms with Crippen LogP contribution in [0.2, 0.25) is 0 Å². The lowest BCUT2D eigenvalue weighted by molar-refractivity contribution is -0.246. The number of morpholine rings is 1. The van der Waals surface area contributed by atoms with Crippen LogP contribution in [0.4, 0.5) is 0 Å². The van der Waals surface area contributed by atoms with E-state index < -0.39 is 17.8 Å². The number of ether oxygens (including phenoxy) is 3. The van der Waals surface area contributed by atoms with Gasteiger partial charge in [0, 0.05) is 26.2 Å². The number of hydrogen-bond acceptors (Lipinski definition) is 7. The minimum absolute atomic E-state index is 0.0424. The lowest BCUT2D eigenvalue weighted by atomic mass is 9.46. The number of aliphatic hydroxyl groups is 3. The fourth-order valence-corrected chi connectivity index (χ4v) is 13.8. The van der Waals surface area contributed by atoms with Gasteiger partial charge in [0.25, 0.3) is 0 Å². The number of hydrogen-bond donors (Lipinski definition) is 3. The van der Waals surface area contributed by atoms with Crippen molar-refractivity contribution in [1.82, 2.24) is 4.90 Å². The number of fused-ring (bicyclic) bond motifs is 2. The fourth-order valence-electron chi connectivity index (χ4n) is 13.8. The summed E-state index contributed by atoms with van der Waals surface area (Å²) >= 11 is 0. The van der Waals surface area contributed by atoms with E-state index in [0.717, 1.165) is 58.2 Å². The second kappa shape index (κ2) is 13.1. The van der Waals surface area contributed by atoms with Crippen LogP contribution in [-0.2, 0) is 20.8 Å². The van der Waals surface area contributed by atoms with Gasteiger partial charge in [0.2, 0.25) is 0 Å². The van der Waals surface area contributed by atoms with E-state index >= 15 is 0 Å². The Morgan fingerprint density at radius 1 is 1.00 bits per heavy atom. The van der Waals surface area contributed by atoms with E-state index in [2.05, 4.69) is 62.9 Å². The van der Waals surface area contributed by atoms with Crippen molar-refractivity contribution in [3.8, 4) is 0 Å². The molecule has 1 aliphatic heterocycles. The minimum atomic E-state index is -0.896. The van der Waals surface area contributed by atoms with Gasteiger partial charge in [0.1, 0.15) is 0 Å². The first-order valence-electron chi connectivity index (χ1n) is 19.9. The van der Waals surface area contributed by atoms with Crippen LogP contribution in [0, 0.1) is 51.2 Å². The summed E-state index contributed by atoms with van der Waals surface area (Å²) in [5.41, 5.74) is 0.970. The van der Waals surface area contributed by atoms with Crippen LogP contribution in [-0.4, -0.2) is 82.8 Å². The summed E-state index contributed by atoms with van der Waals surface area (Å²) in [6.45, 7) is 19.5. The highest BCUT2D eigenvalue weighted by molar-refractivity contribution is 5.33. The smallest absolute Gasteiger partial charge is 0.170 e. The highest BCUT2D eigenvalue weighted by Crippen LogP contribution is 2.89. The van der Waals surface area contributed by atoms with E-state index in [-0.39, 0.29) is 46.6 Å². The average Bonchev–Trinajstić information content (AvgIpc) is 3.52. The van der Waals surface area contributed by atoms with Gasteiger partial charge in [-0.2, -0.15) is 0 Å². The zero-order chi connectivity index (χ0) is 35.0. The largest absolute Gasteiger partial charge is 0.390 e. The van der Waals surface area contributed by atoms with E-state index in [1.807, 2.05) is 20.8 Å². The highest BCUT2D eigenvalue weighted by atomic mass is 16.7. The molecular weight excluding hydrogens is 614 g/mol. The van der Waals surface area contributed by atoms with Crippen LogP contribution in [0.25, 0.3) is 0 Å². The summed E-state index contributed by atoms with van der Waals surface area (Å²) in [6, 6.07) is 10.7. The third-order valence-corrected chi connectivity index (χ3v) is 16.0. The highest BCUT2D eigenvalue weighted by Gasteiger charge is 2.85. The van der Waals surface area contributed by atoms with E-state index in [9.17, 15) is 15.3 Å². The SMILES string of the molecule is CCO[C@@H](CCC[C@H]1[C@H](O)C(O)C2[C@@H]3CCC4C(C)(C)[C@@H](OC5CN(Cc6ccccc6)CCO5)CCC45[C@@H](C)[C@@]35CC[C@@]21C)C(C)(C)O. The summed E-state index contributed by atoms with van der Waals surface area (Å²) in [4.78, 5) is 2.47. The van der Waals surface area contributed by atoms with Crippen LogP contribution < -0.4 is 0 Å². The minimum Gasteiger partial charge on any atom is -0.390 e. The molecule has 0 aromatic heterocycles. The Kier molecular flexibility index (Phi) is 9.71. The molecule has 3 N–H and O–H groups in total. The zero-order valence-corrected chi connectivity index (χ0v) is 31.6. The molecule has 1 heterocycles. The van der Waals surface area contributed by atoms with Crippen molar-refractivity contribution >= 4 is 0 Å². The molecule has 1 saturated heterocycles. The van der Waals surface area contributed by atoms with Gasteiger partial charge in [-0.25, -0.2) is 0 Å². The third kappa shape index (κ3) is 5.70. The molecule has 13 atom stereocenters. The molecule has 5 unspecified atom stereocenters. The molecule has 49 heavy (non-hydrogen) atoms. The lowest BCUT2D eigenvalue weighted by Gasteiger charge is -2.60. The first-order valence-corrected chi connectivity index (χ1v) is 19.9. The molecule has 5 saturated carbocycles. The standard InChI is InChI=1S/C42H67NO6/c1-8-47-33(39(5,6)46)16-12-15-30-36(44)37(45)35-29-17-18-31-38(3,4)32(19-20-42(31)27(2)41(29,42)22-21-40(30,35)7)49-34-26-43(23-24-48-34)25-28-13-10-9-11-14-28/h9-11,13-14,27,29-37,44-46H,8,12,15-26H2,1-7H3/t27-,29-,30-,31?,32-,33-,34?,35?,36-,37?,40+,41-,42?/m0/s1. The van der Waals surface area contributed by atoms with Gasteiger partial charge in [-0.3, -0.25) is 4.90 Å². The van der Waals surface area contributed by atoms with E-state index in [1.165, 1.54) is 24.8 Å². The second-order valence-corrected chi connectivity index (χ2v) is 18.7. The van der Waals surface area contributed by atoms with Crippen LogP contribution in [0.1, 0.15) is 112 Å². The lowest BCUT2D eigenvalue weighted by Crippen LogP contribution is -2.56. The maximum Gasteiger partial charge on any atom is 0.170 e. The van der Waals surface area contributed by atoms with Crippen molar-refractivity contribution in [3.05, 3.63) is 35.9 Å². The molecule has 2 spiro atoms. The van der Waals surface area contributed by atoms with Gasteiger partial charge in [0.15, 0.2) is 6.29 Å². The first-order chi connectivity index (χ1) is 23.2. The zero-order valence-electron chi connectivity index (χ0n) is 31.6. The molecule has 7 rings (SSSR count). The Bertz CT molecular complexity index is 1300. The summed E-state index contributed by atoms with van der Waals surface area (Å²) in [5.74, 6) is 1.91. The predicted molar refractivity (Wildman–Crippen MR) is 191 cm³/mol. The first kappa shape index (κ1) is 36.3. The maximum absolute atomic E-state index is 11.9. The van der Waals surface area contributed by atoms with Crippen LogP contribution in [0.3, 0.4) is 0 Å². The van der Waals surface area contributed by atoms with Crippen molar-refractivity contribution in [2.75, 3.05) is 26.3 Å². The number of aliphatic hydroxyl groups excluding tert-OH is 2. The van der Waals surface area contributed by atoms with Crippen molar-refractivity contribution in [3.63, 3.8) is 0 Å². The van der Waals surface area contributed by atoms with E-state index in [1.54, 1.807) is 0 Å². The number of benzene rings is 1. The predicted octanol–water partition coefficient (Wildman–Crippen LogP) is 6.81. The second-order valence-electron chi connectivity index (χ2n) is 18.7. The Morgan fingerprint density at radius 3 is 2.47 bits per heavy atom. The molecule has 6 aliphatic rings. The van der Waals surface area contributed by atoms with Crippen LogP contribution in [0.15, 0.2) is 30.3 Å². The van der Waals surface area contributed by atoms with Gasteiger partial charge < -0.3 is 29.5 Å². The van der Waals surface area contributed by atoms with Crippen molar-refractivity contribution in [2.45, 2.75) is 149 Å². The topological polar surface area (TPSA) is 91.6 Å². The number of nitrogens with zero attached hydrogens (tertiary/aromatic N) is 1. The average molecular weight is 682 g/mol. The van der Waals surface area contributed by atoms with Gasteiger partial charge in [-0.15, -0.1) is 0 Å². The molecule has 7 nitrogen and oxygen atoms in total. The van der Waals surface area contributed by atoms with Crippen LogP contribution >= 0.6 is 0 Å². The summed E-state index contributed by atoms with van der Waals surface area (Å²) in [7, 11) is 0. The van der Waals surface area contributed by atoms with Crippen molar-refractivity contribution in [2.24, 2.45) is 51.2 Å². The summed E-state index contributed by atoms with van der Waals surface area (Å²) in [6.07, 6.45) is 7.82. The number of rotatable bonds is 11. The molecule has 7 heteroatoms. The molecule has 1 aromatic rings. The van der Waals surface area contributed by atoms with Gasteiger partial charge in [0.05, 0.1) is 36.6 Å². The Hall–Kier alpha value is -1.06. The molecule has 6 fully saturated rings. The third-order valence-electron chi connectivity index (χ3n) is 16.0. The van der Waals surface area contributed by atoms with E-state index in [0.29, 0.717) is 36.4 Å². The molecule has 5 aliphatic carbocycles. The van der Waals surface area contributed by atoms with Gasteiger partial charge >= 0.3 is 0 Å². The maximum atomic E-state index is 11.9. The quantitative estimate of drug-likeness (QED) is 0.236. The monoisotopic (exact) mass is 681 g/mol. The molecule has 0 amide bonds. The van der Waals surface area contributed by atoms with Gasteiger partial charge in [-0.05, 0) is 129 Å². The Balaban J connectivity index is 1.04. The Labute approximate surface area is 296 Å². The molecule has 0 bridgehead atoms. The van der Waals surface area contributed by atoms with Gasteiger partial charge in [-0.1, -0.05) is 64.4 Å². The molecule has 0 radical (unpaired) electrons.